The van der Waals surface area contributed by atoms with Crippen LogP contribution in [-0.2, 0) is 4.74 Å². The number of β-amino-alcohol motifs (C(OH)–C–C–N with tert-alkyl or cyclic N) is 1. The van der Waals surface area contributed by atoms with E-state index in [0.29, 0.717) is 26.2 Å². The summed E-state index contributed by atoms with van der Waals surface area (Å²) in [5.74, 6) is 0.790. The highest BCUT2D eigenvalue weighted by Crippen LogP contribution is 2.16. The number of rotatable bonds is 6. The van der Waals surface area contributed by atoms with E-state index in [9.17, 15) is 9.90 Å². The molecule has 1 saturated heterocycles. The maximum absolute atomic E-state index is 11.7. The van der Waals surface area contributed by atoms with Crippen LogP contribution >= 0.6 is 0 Å². The predicted molar refractivity (Wildman–Crippen MR) is 92.5 cm³/mol. The smallest absolute Gasteiger partial charge is 0.409 e. The number of hydrogen-bond acceptors (Lipinski definition) is 5. The van der Waals surface area contributed by atoms with Crippen molar-refractivity contribution in [3.63, 3.8) is 0 Å². The SMILES string of the molecule is CCOC(=O)N1CCN(C[C@@H](O)COc2cc(C)cc(C)c2)CC1. The minimum Gasteiger partial charge on any atom is -0.491 e. The van der Waals surface area contributed by atoms with E-state index in [1.54, 1.807) is 11.8 Å². The molecule has 24 heavy (non-hydrogen) atoms. The van der Waals surface area contributed by atoms with Crippen LogP contribution in [0.25, 0.3) is 0 Å². The molecular weight excluding hydrogens is 308 g/mol. The summed E-state index contributed by atoms with van der Waals surface area (Å²) in [4.78, 5) is 15.5. The van der Waals surface area contributed by atoms with Crippen LogP contribution < -0.4 is 4.74 Å². The normalized spacial score (nSPS) is 16.8. The quantitative estimate of drug-likeness (QED) is 0.858. The molecule has 1 amide bonds. The first-order valence-electron chi connectivity index (χ1n) is 8.51. The van der Waals surface area contributed by atoms with Crippen LogP contribution in [0.15, 0.2) is 18.2 Å². The molecule has 0 bridgehead atoms. The molecule has 1 aliphatic rings. The van der Waals surface area contributed by atoms with Gasteiger partial charge in [0, 0.05) is 32.7 Å². The van der Waals surface area contributed by atoms with Crippen molar-refractivity contribution in [1.29, 1.82) is 0 Å². The van der Waals surface area contributed by atoms with E-state index in [4.69, 9.17) is 9.47 Å². The lowest BCUT2D eigenvalue weighted by molar-refractivity contribution is 0.0407. The van der Waals surface area contributed by atoms with Crippen LogP contribution in [0.1, 0.15) is 18.1 Å². The van der Waals surface area contributed by atoms with Gasteiger partial charge < -0.3 is 19.5 Å². The molecule has 1 aromatic carbocycles. The number of benzene rings is 1. The second kappa shape index (κ2) is 8.89. The fourth-order valence-electron chi connectivity index (χ4n) is 2.89. The molecule has 2 rings (SSSR count). The van der Waals surface area contributed by atoms with Crippen LogP contribution in [0.4, 0.5) is 4.79 Å². The van der Waals surface area contributed by atoms with Crippen molar-refractivity contribution >= 4 is 6.09 Å². The van der Waals surface area contributed by atoms with Crippen LogP contribution in [-0.4, -0.2) is 73.0 Å². The van der Waals surface area contributed by atoms with E-state index in [-0.39, 0.29) is 12.7 Å². The molecule has 1 N–H and O–H groups in total. The van der Waals surface area contributed by atoms with Crippen molar-refractivity contribution in [2.45, 2.75) is 26.9 Å². The van der Waals surface area contributed by atoms with Crippen molar-refractivity contribution < 1.29 is 19.4 Å². The highest BCUT2D eigenvalue weighted by atomic mass is 16.6. The molecule has 1 aliphatic heterocycles. The van der Waals surface area contributed by atoms with E-state index < -0.39 is 6.10 Å². The molecule has 0 radical (unpaired) electrons. The van der Waals surface area contributed by atoms with E-state index >= 15 is 0 Å². The Morgan fingerprint density at radius 1 is 1.17 bits per heavy atom. The third-order valence-corrected chi connectivity index (χ3v) is 4.00. The lowest BCUT2D eigenvalue weighted by Gasteiger charge is -2.34. The molecule has 0 aromatic heterocycles. The van der Waals surface area contributed by atoms with Gasteiger partial charge in [-0.3, -0.25) is 4.90 Å². The van der Waals surface area contributed by atoms with Crippen molar-refractivity contribution in [1.82, 2.24) is 9.80 Å². The van der Waals surface area contributed by atoms with Gasteiger partial charge in [-0.15, -0.1) is 0 Å². The Morgan fingerprint density at radius 2 is 1.79 bits per heavy atom. The molecule has 0 aliphatic carbocycles. The molecule has 1 aromatic rings. The summed E-state index contributed by atoms with van der Waals surface area (Å²) in [5.41, 5.74) is 2.30. The third kappa shape index (κ3) is 5.69. The van der Waals surface area contributed by atoms with Gasteiger partial charge in [-0.25, -0.2) is 4.79 Å². The summed E-state index contributed by atoms with van der Waals surface area (Å²) in [7, 11) is 0. The number of amides is 1. The van der Waals surface area contributed by atoms with Crippen LogP contribution in [0.2, 0.25) is 0 Å². The van der Waals surface area contributed by atoms with Gasteiger partial charge in [0.15, 0.2) is 0 Å². The van der Waals surface area contributed by atoms with Gasteiger partial charge in [-0.2, -0.15) is 0 Å². The Balaban J connectivity index is 1.71. The zero-order valence-corrected chi connectivity index (χ0v) is 14.8. The van der Waals surface area contributed by atoms with Gasteiger partial charge in [-0.05, 0) is 44.0 Å². The highest BCUT2D eigenvalue weighted by molar-refractivity contribution is 5.67. The first-order chi connectivity index (χ1) is 11.5. The second-order valence-corrected chi connectivity index (χ2v) is 6.27. The Morgan fingerprint density at radius 3 is 2.38 bits per heavy atom. The molecule has 0 spiro atoms. The number of aliphatic hydroxyl groups is 1. The molecule has 1 fully saturated rings. The summed E-state index contributed by atoms with van der Waals surface area (Å²) >= 11 is 0. The number of aliphatic hydroxyl groups excluding tert-OH is 1. The number of carbonyl (C=O) groups is 1. The van der Waals surface area contributed by atoms with Crippen LogP contribution in [0.5, 0.6) is 5.75 Å². The zero-order chi connectivity index (χ0) is 17.5. The van der Waals surface area contributed by atoms with Gasteiger partial charge in [-0.1, -0.05) is 6.07 Å². The average molecular weight is 336 g/mol. The van der Waals surface area contributed by atoms with Crippen LogP contribution in [0, 0.1) is 13.8 Å². The standard InChI is InChI=1S/C18H28N2O4/c1-4-23-18(22)20-7-5-19(6-8-20)12-16(21)13-24-17-10-14(2)9-15(3)11-17/h9-11,16,21H,4-8,12-13H2,1-3H3/t16-/m1/s1. The molecule has 0 unspecified atom stereocenters. The van der Waals surface area contributed by atoms with Gasteiger partial charge in [0.05, 0.1) is 6.61 Å². The van der Waals surface area contributed by atoms with Crippen molar-refractivity contribution in [3.8, 4) is 5.75 Å². The van der Waals surface area contributed by atoms with Crippen molar-refractivity contribution in [3.05, 3.63) is 29.3 Å². The van der Waals surface area contributed by atoms with E-state index in [2.05, 4.69) is 11.0 Å². The summed E-state index contributed by atoms with van der Waals surface area (Å²) < 4.78 is 10.7. The second-order valence-electron chi connectivity index (χ2n) is 6.27. The van der Waals surface area contributed by atoms with Gasteiger partial charge >= 0.3 is 6.09 Å². The Kier molecular flexibility index (Phi) is 6.87. The largest absolute Gasteiger partial charge is 0.491 e. The fourth-order valence-corrected chi connectivity index (χ4v) is 2.89. The lowest BCUT2D eigenvalue weighted by atomic mass is 10.1. The summed E-state index contributed by atoms with van der Waals surface area (Å²) in [6.45, 7) is 9.79. The number of ether oxygens (including phenoxy) is 2. The number of nitrogens with zero attached hydrogens (tertiary/aromatic N) is 2. The summed E-state index contributed by atoms with van der Waals surface area (Å²) in [6, 6.07) is 6.03. The Hall–Kier alpha value is -1.79. The molecular formula is C18H28N2O4. The molecule has 6 nitrogen and oxygen atoms in total. The first kappa shape index (κ1) is 18.5. The van der Waals surface area contributed by atoms with Gasteiger partial charge in [0.2, 0.25) is 0 Å². The third-order valence-electron chi connectivity index (χ3n) is 4.00. The first-order valence-corrected chi connectivity index (χ1v) is 8.51. The maximum atomic E-state index is 11.7. The van der Waals surface area contributed by atoms with E-state index in [0.717, 1.165) is 30.0 Å². The summed E-state index contributed by atoms with van der Waals surface area (Å²) in [5, 5.41) is 10.2. The van der Waals surface area contributed by atoms with Gasteiger partial charge in [0.1, 0.15) is 18.5 Å². The molecule has 0 saturated carbocycles. The highest BCUT2D eigenvalue weighted by Gasteiger charge is 2.23. The lowest BCUT2D eigenvalue weighted by Crippen LogP contribution is -2.51. The van der Waals surface area contributed by atoms with Gasteiger partial charge in [0.25, 0.3) is 0 Å². The molecule has 1 atom stereocenters. The Bertz CT molecular complexity index is 522. The topological polar surface area (TPSA) is 62.2 Å². The maximum Gasteiger partial charge on any atom is 0.409 e. The fraction of sp³-hybridized carbons (Fsp3) is 0.611. The average Bonchev–Trinajstić information content (AvgIpc) is 2.53. The monoisotopic (exact) mass is 336 g/mol. The molecule has 1 heterocycles. The van der Waals surface area contributed by atoms with Crippen molar-refractivity contribution in [2.75, 3.05) is 45.9 Å². The number of aryl methyl sites for hydroxylation is 2. The number of hydrogen-bond donors (Lipinski definition) is 1. The predicted octanol–water partition coefficient (Wildman–Crippen LogP) is 1.82. The zero-order valence-electron chi connectivity index (χ0n) is 14.8. The Labute approximate surface area is 144 Å². The minimum atomic E-state index is -0.556. The van der Waals surface area contributed by atoms with E-state index in [1.807, 2.05) is 26.0 Å². The van der Waals surface area contributed by atoms with E-state index in [1.165, 1.54) is 0 Å². The van der Waals surface area contributed by atoms with Crippen molar-refractivity contribution in [2.24, 2.45) is 0 Å². The number of carbonyl (C=O) groups excluding carboxylic acids is 1. The summed E-state index contributed by atoms with van der Waals surface area (Å²) in [6.07, 6.45) is -0.809. The molecule has 134 valence electrons. The number of piperazine rings is 1. The van der Waals surface area contributed by atoms with Crippen LogP contribution in [0.3, 0.4) is 0 Å². The minimum absolute atomic E-state index is 0.254. The molecule has 6 heteroatoms.